The van der Waals surface area contributed by atoms with Gasteiger partial charge in [-0.1, -0.05) is 6.07 Å². The highest BCUT2D eigenvalue weighted by Gasteiger charge is 2.15. The predicted octanol–water partition coefficient (Wildman–Crippen LogP) is 2.85. The van der Waals surface area contributed by atoms with Gasteiger partial charge in [0.25, 0.3) is 0 Å². The zero-order valence-corrected chi connectivity index (χ0v) is 14.1. The van der Waals surface area contributed by atoms with Gasteiger partial charge in [0.2, 0.25) is 5.95 Å². The van der Waals surface area contributed by atoms with Crippen molar-refractivity contribution in [1.82, 2.24) is 15.0 Å². The van der Waals surface area contributed by atoms with Crippen LogP contribution in [0.4, 0.5) is 11.8 Å². The summed E-state index contributed by atoms with van der Waals surface area (Å²) >= 11 is 0. The van der Waals surface area contributed by atoms with Crippen LogP contribution in [0.5, 0.6) is 0 Å². The van der Waals surface area contributed by atoms with Crippen LogP contribution in [0.3, 0.4) is 0 Å². The molecule has 3 rings (SSSR count). The summed E-state index contributed by atoms with van der Waals surface area (Å²) in [6, 6.07) is 8.11. The summed E-state index contributed by atoms with van der Waals surface area (Å²) in [5, 5.41) is 0. The molecule has 1 aliphatic heterocycles. The van der Waals surface area contributed by atoms with Crippen LogP contribution in [0, 0.1) is 6.92 Å². The van der Waals surface area contributed by atoms with Gasteiger partial charge in [0, 0.05) is 56.8 Å². The fourth-order valence-corrected chi connectivity index (χ4v) is 2.91. The van der Waals surface area contributed by atoms with E-state index < -0.39 is 0 Å². The number of likely N-dealkylation sites (N-methyl/N-ethyl adjacent to an activating group) is 1. The number of hydrogen-bond donors (Lipinski definition) is 0. The number of piperidine rings is 1. The van der Waals surface area contributed by atoms with Crippen molar-refractivity contribution < 1.29 is 0 Å². The maximum absolute atomic E-state index is 4.79. The molecule has 2 aromatic rings. The summed E-state index contributed by atoms with van der Waals surface area (Å²) < 4.78 is 0. The van der Waals surface area contributed by atoms with Crippen molar-refractivity contribution in [1.29, 1.82) is 0 Å². The van der Waals surface area contributed by atoms with E-state index in [2.05, 4.69) is 38.9 Å². The molecule has 5 nitrogen and oxygen atoms in total. The van der Waals surface area contributed by atoms with E-state index in [0.717, 1.165) is 49.2 Å². The fraction of sp³-hybridized carbons (Fsp3) is 0.500. The third-order valence-corrected chi connectivity index (χ3v) is 4.29. The molecule has 2 aromatic heterocycles. The molecule has 0 atom stereocenters. The average molecular weight is 311 g/mol. The number of anilines is 2. The van der Waals surface area contributed by atoms with Gasteiger partial charge in [0.15, 0.2) is 0 Å². The Bertz CT molecular complexity index is 623. The topological polar surface area (TPSA) is 45.2 Å². The van der Waals surface area contributed by atoms with E-state index in [1.807, 2.05) is 25.3 Å². The van der Waals surface area contributed by atoms with E-state index in [1.165, 1.54) is 19.3 Å². The Labute approximate surface area is 138 Å². The standard InChI is InChI=1S/C18H25N5/c1-15-14-17(21-18(20-15)23-11-6-3-7-12-23)22(2)13-9-16-8-4-5-10-19-16/h4-5,8,10,14H,3,6-7,9,11-13H2,1-2H3. The van der Waals surface area contributed by atoms with Crippen molar-refractivity contribution >= 4 is 11.8 Å². The molecule has 0 aliphatic carbocycles. The lowest BCUT2D eigenvalue weighted by atomic mass is 10.1. The number of pyridine rings is 1. The number of hydrogen-bond acceptors (Lipinski definition) is 5. The largest absolute Gasteiger partial charge is 0.359 e. The summed E-state index contributed by atoms with van der Waals surface area (Å²) in [6.07, 6.45) is 6.56. The van der Waals surface area contributed by atoms with Crippen molar-refractivity contribution in [2.24, 2.45) is 0 Å². The molecule has 1 saturated heterocycles. The van der Waals surface area contributed by atoms with E-state index in [0.29, 0.717) is 0 Å². The van der Waals surface area contributed by atoms with E-state index in [1.54, 1.807) is 0 Å². The van der Waals surface area contributed by atoms with Crippen LogP contribution in [0.15, 0.2) is 30.5 Å². The van der Waals surface area contributed by atoms with Gasteiger partial charge in [0.1, 0.15) is 5.82 Å². The molecule has 0 bridgehead atoms. The van der Waals surface area contributed by atoms with E-state index in [9.17, 15) is 0 Å². The lowest BCUT2D eigenvalue weighted by Crippen LogP contribution is -2.32. The minimum absolute atomic E-state index is 0.879. The number of aryl methyl sites for hydroxylation is 1. The summed E-state index contributed by atoms with van der Waals surface area (Å²) in [5.74, 6) is 1.87. The van der Waals surface area contributed by atoms with Crippen LogP contribution in [-0.2, 0) is 6.42 Å². The van der Waals surface area contributed by atoms with Crippen LogP contribution in [-0.4, -0.2) is 41.6 Å². The number of aromatic nitrogens is 3. The third-order valence-electron chi connectivity index (χ3n) is 4.29. The Morgan fingerprint density at radius 1 is 1.13 bits per heavy atom. The Morgan fingerprint density at radius 2 is 1.96 bits per heavy atom. The molecule has 0 unspecified atom stereocenters. The third kappa shape index (κ3) is 4.18. The molecule has 0 N–H and O–H groups in total. The maximum Gasteiger partial charge on any atom is 0.227 e. The molecule has 3 heterocycles. The zero-order valence-electron chi connectivity index (χ0n) is 14.1. The lowest BCUT2D eigenvalue weighted by molar-refractivity contribution is 0.567. The zero-order chi connectivity index (χ0) is 16.1. The molecule has 5 heteroatoms. The first-order valence-corrected chi connectivity index (χ1v) is 8.44. The van der Waals surface area contributed by atoms with Crippen LogP contribution >= 0.6 is 0 Å². The van der Waals surface area contributed by atoms with E-state index >= 15 is 0 Å². The Kier molecular flexibility index (Phi) is 5.05. The quantitative estimate of drug-likeness (QED) is 0.849. The molecule has 0 radical (unpaired) electrons. The first-order chi connectivity index (χ1) is 11.2. The molecule has 1 aliphatic rings. The molecule has 0 saturated carbocycles. The van der Waals surface area contributed by atoms with Crippen molar-refractivity contribution in [3.63, 3.8) is 0 Å². The number of nitrogens with zero attached hydrogens (tertiary/aromatic N) is 5. The Hall–Kier alpha value is -2.17. The fourth-order valence-electron chi connectivity index (χ4n) is 2.91. The van der Waals surface area contributed by atoms with Gasteiger partial charge in [-0.2, -0.15) is 4.98 Å². The molecule has 0 aromatic carbocycles. The minimum Gasteiger partial charge on any atom is -0.359 e. The average Bonchev–Trinajstić information content (AvgIpc) is 2.61. The molecule has 0 amide bonds. The molecular formula is C18H25N5. The first-order valence-electron chi connectivity index (χ1n) is 8.44. The summed E-state index contributed by atoms with van der Waals surface area (Å²) in [4.78, 5) is 18.3. The van der Waals surface area contributed by atoms with Gasteiger partial charge in [-0.15, -0.1) is 0 Å². The molecule has 122 valence electrons. The first kappa shape index (κ1) is 15.7. The molecule has 1 fully saturated rings. The second-order valence-electron chi connectivity index (χ2n) is 6.21. The smallest absolute Gasteiger partial charge is 0.227 e. The van der Waals surface area contributed by atoms with E-state index in [4.69, 9.17) is 4.98 Å². The summed E-state index contributed by atoms with van der Waals surface area (Å²) in [7, 11) is 2.09. The summed E-state index contributed by atoms with van der Waals surface area (Å²) in [5.41, 5.74) is 2.14. The molecule has 23 heavy (non-hydrogen) atoms. The van der Waals surface area contributed by atoms with Crippen molar-refractivity contribution in [3.8, 4) is 0 Å². The van der Waals surface area contributed by atoms with Gasteiger partial charge in [0.05, 0.1) is 0 Å². The van der Waals surface area contributed by atoms with Crippen molar-refractivity contribution in [2.45, 2.75) is 32.6 Å². The van der Waals surface area contributed by atoms with Crippen LogP contribution in [0.2, 0.25) is 0 Å². The Morgan fingerprint density at radius 3 is 2.70 bits per heavy atom. The van der Waals surface area contributed by atoms with Gasteiger partial charge in [-0.25, -0.2) is 4.98 Å². The minimum atomic E-state index is 0.879. The van der Waals surface area contributed by atoms with Gasteiger partial charge < -0.3 is 9.80 Å². The predicted molar refractivity (Wildman–Crippen MR) is 94.0 cm³/mol. The van der Waals surface area contributed by atoms with Crippen LogP contribution in [0.1, 0.15) is 30.7 Å². The van der Waals surface area contributed by atoms with Gasteiger partial charge in [-0.3, -0.25) is 4.98 Å². The highest BCUT2D eigenvalue weighted by Crippen LogP contribution is 2.20. The monoisotopic (exact) mass is 311 g/mol. The van der Waals surface area contributed by atoms with Crippen molar-refractivity contribution in [3.05, 3.63) is 41.9 Å². The summed E-state index contributed by atoms with van der Waals surface area (Å²) in [6.45, 7) is 5.08. The Balaban J connectivity index is 1.69. The second-order valence-corrected chi connectivity index (χ2v) is 6.21. The number of rotatable bonds is 5. The highest BCUT2D eigenvalue weighted by atomic mass is 15.3. The van der Waals surface area contributed by atoms with Gasteiger partial charge in [-0.05, 0) is 38.3 Å². The SMILES string of the molecule is Cc1cc(N(C)CCc2ccccn2)nc(N2CCCCC2)n1. The van der Waals surface area contributed by atoms with Gasteiger partial charge >= 0.3 is 0 Å². The highest BCUT2D eigenvalue weighted by molar-refractivity contribution is 5.45. The normalized spacial score (nSPS) is 14.8. The van der Waals surface area contributed by atoms with Crippen LogP contribution in [0.25, 0.3) is 0 Å². The van der Waals surface area contributed by atoms with E-state index in [-0.39, 0.29) is 0 Å². The lowest BCUT2D eigenvalue weighted by Gasteiger charge is -2.28. The maximum atomic E-state index is 4.79. The van der Waals surface area contributed by atoms with Crippen molar-refractivity contribution in [2.75, 3.05) is 36.5 Å². The van der Waals surface area contributed by atoms with Crippen LogP contribution < -0.4 is 9.80 Å². The molecule has 0 spiro atoms. The second kappa shape index (κ2) is 7.40. The molecular weight excluding hydrogens is 286 g/mol.